The Hall–Kier alpha value is -2.94. The van der Waals surface area contributed by atoms with Crippen LogP contribution in [0.15, 0.2) is 30.5 Å². The van der Waals surface area contributed by atoms with Gasteiger partial charge in [-0.2, -0.15) is 5.10 Å². The summed E-state index contributed by atoms with van der Waals surface area (Å²) in [5.41, 5.74) is 1.66. The largest absolute Gasteiger partial charge is 0.454 e. The molecule has 124 valence electrons. The molecule has 1 N–H and O–H groups in total. The molecule has 1 aliphatic rings. The first-order valence-electron chi connectivity index (χ1n) is 7.85. The first-order valence-corrected chi connectivity index (χ1v) is 7.85. The van der Waals surface area contributed by atoms with Gasteiger partial charge in [0.1, 0.15) is 0 Å². The number of hydrogen-bond donors (Lipinski definition) is 1. The van der Waals surface area contributed by atoms with Crippen LogP contribution in [0.25, 0.3) is 0 Å². The number of ether oxygens (including phenoxy) is 2. The molecule has 1 aliphatic heterocycles. The molecule has 0 saturated carbocycles. The normalized spacial score (nSPS) is 12.0. The molecule has 0 radical (unpaired) electrons. The second kappa shape index (κ2) is 7.09. The van der Waals surface area contributed by atoms with Crippen molar-refractivity contribution in [3.05, 3.63) is 41.7 Å². The Kier molecular flexibility index (Phi) is 4.71. The number of fused-ring (bicyclic) bond motifs is 1. The summed E-state index contributed by atoms with van der Waals surface area (Å²) >= 11 is 0. The predicted octanol–water partition coefficient (Wildman–Crippen LogP) is 1.90. The fourth-order valence-corrected chi connectivity index (χ4v) is 2.25. The van der Waals surface area contributed by atoms with Gasteiger partial charge in [0.25, 0.3) is 5.91 Å². The molecule has 2 aromatic rings. The van der Waals surface area contributed by atoms with Crippen LogP contribution in [0.1, 0.15) is 31.1 Å². The SMILES string of the molecule is CC(C)n1ccc(CCNC(=O)C#Cc2ccc3c(c2)OCO3)n1. The molecule has 0 bridgehead atoms. The zero-order valence-corrected chi connectivity index (χ0v) is 13.7. The van der Waals surface area contributed by atoms with E-state index in [0.717, 1.165) is 5.69 Å². The van der Waals surface area contributed by atoms with E-state index in [1.165, 1.54) is 0 Å². The first-order chi connectivity index (χ1) is 11.6. The number of benzene rings is 1. The highest BCUT2D eigenvalue weighted by atomic mass is 16.7. The van der Waals surface area contributed by atoms with E-state index < -0.39 is 0 Å². The smallest absolute Gasteiger partial charge is 0.296 e. The average molecular weight is 325 g/mol. The highest BCUT2D eigenvalue weighted by Gasteiger charge is 2.12. The first kappa shape index (κ1) is 15.9. The third kappa shape index (κ3) is 3.87. The summed E-state index contributed by atoms with van der Waals surface area (Å²) in [5.74, 6) is 6.45. The van der Waals surface area contributed by atoms with Crippen molar-refractivity contribution in [3.8, 4) is 23.3 Å². The topological polar surface area (TPSA) is 65.4 Å². The minimum atomic E-state index is -0.309. The molecular weight excluding hydrogens is 306 g/mol. The van der Waals surface area contributed by atoms with Gasteiger partial charge in [-0.3, -0.25) is 9.48 Å². The Morgan fingerprint density at radius 3 is 2.96 bits per heavy atom. The monoisotopic (exact) mass is 325 g/mol. The van der Waals surface area contributed by atoms with Crippen LogP contribution < -0.4 is 14.8 Å². The lowest BCUT2D eigenvalue weighted by Crippen LogP contribution is -2.24. The summed E-state index contributed by atoms with van der Waals surface area (Å²) in [5, 5.41) is 7.21. The van der Waals surface area contributed by atoms with Crippen LogP contribution in [0, 0.1) is 11.8 Å². The van der Waals surface area contributed by atoms with E-state index >= 15 is 0 Å². The third-order valence-electron chi connectivity index (χ3n) is 3.55. The molecule has 6 nitrogen and oxygen atoms in total. The lowest BCUT2D eigenvalue weighted by atomic mass is 10.2. The molecule has 0 aliphatic carbocycles. The van der Waals surface area contributed by atoms with Gasteiger partial charge in [0, 0.05) is 36.7 Å². The van der Waals surface area contributed by atoms with Crippen LogP contribution in [-0.2, 0) is 11.2 Å². The molecule has 6 heteroatoms. The van der Waals surface area contributed by atoms with Crippen LogP contribution in [0.3, 0.4) is 0 Å². The van der Waals surface area contributed by atoms with E-state index in [9.17, 15) is 4.79 Å². The van der Waals surface area contributed by atoms with Crippen LogP contribution in [0.5, 0.6) is 11.5 Å². The number of carbonyl (C=O) groups excluding carboxylic acids is 1. The average Bonchev–Trinajstić information content (AvgIpc) is 3.21. The molecule has 1 amide bonds. The Bertz CT molecular complexity index is 799. The number of nitrogens with zero attached hydrogens (tertiary/aromatic N) is 2. The van der Waals surface area contributed by atoms with Crippen molar-refractivity contribution < 1.29 is 14.3 Å². The summed E-state index contributed by atoms with van der Waals surface area (Å²) in [7, 11) is 0. The van der Waals surface area contributed by atoms with Crippen molar-refractivity contribution in [2.24, 2.45) is 0 Å². The molecule has 1 aromatic heterocycles. The zero-order valence-electron chi connectivity index (χ0n) is 13.7. The lowest BCUT2D eigenvalue weighted by molar-refractivity contribution is -0.115. The zero-order chi connectivity index (χ0) is 16.9. The summed E-state index contributed by atoms with van der Waals surface area (Å²) in [6.45, 7) is 4.87. The standard InChI is InChI=1S/C18H19N3O3/c1-13(2)21-10-8-15(20-21)7-9-19-18(22)6-4-14-3-5-16-17(11-14)24-12-23-16/h3,5,8,10-11,13H,7,9,12H2,1-2H3,(H,19,22). The molecular formula is C18H19N3O3. The number of hydrogen-bond acceptors (Lipinski definition) is 4. The number of nitrogens with one attached hydrogen (secondary N) is 1. The second-order valence-corrected chi connectivity index (χ2v) is 5.70. The minimum Gasteiger partial charge on any atom is -0.454 e. The van der Waals surface area contributed by atoms with Gasteiger partial charge in [0.05, 0.1) is 5.69 Å². The van der Waals surface area contributed by atoms with Gasteiger partial charge in [-0.05, 0) is 38.1 Å². The van der Waals surface area contributed by atoms with Crippen molar-refractivity contribution in [2.45, 2.75) is 26.3 Å². The van der Waals surface area contributed by atoms with Gasteiger partial charge >= 0.3 is 0 Å². The number of aromatic nitrogens is 2. The summed E-state index contributed by atoms with van der Waals surface area (Å²) in [4.78, 5) is 11.8. The van der Waals surface area contributed by atoms with Crippen LogP contribution >= 0.6 is 0 Å². The van der Waals surface area contributed by atoms with E-state index in [-0.39, 0.29) is 12.7 Å². The molecule has 0 atom stereocenters. The van der Waals surface area contributed by atoms with E-state index in [0.29, 0.717) is 36.1 Å². The van der Waals surface area contributed by atoms with E-state index in [2.05, 4.69) is 36.1 Å². The summed E-state index contributed by atoms with van der Waals surface area (Å²) in [6, 6.07) is 7.65. The lowest BCUT2D eigenvalue weighted by Gasteiger charge is -2.03. The molecule has 1 aromatic carbocycles. The minimum absolute atomic E-state index is 0.221. The fourth-order valence-electron chi connectivity index (χ4n) is 2.25. The predicted molar refractivity (Wildman–Crippen MR) is 88.8 cm³/mol. The second-order valence-electron chi connectivity index (χ2n) is 5.70. The van der Waals surface area contributed by atoms with Gasteiger partial charge in [-0.15, -0.1) is 0 Å². The van der Waals surface area contributed by atoms with Crippen LogP contribution in [0.4, 0.5) is 0 Å². The maximum absolute atomic E-state index is 11.8. The summed E-state index contributed by atoms with van der Waals surface area (Å²) in [6.07, 6.45) is 2.62. The van der Waals surface area contributed by atoms with E-state index in [4.69, 9.17) is 9.47 Å². The Labute approximate surface area is 140 Å². The molecule has 2 heterocycles. The van der Waals surface area contributed by atoms with Crippen LogP contribution in [0.2, 0.25) is 0 Å². The number of amides is 1. The van der Waals surface area contributed by atoms with E-state index in [1.807, 2.05) is 16.9 Å². The number of carbonyl (C=O) groups is 1. The highest BCUT2D eigenvalue weighted by Crippen LogP contribution is 2.32. The Morgan fingerprint density at radius 2 is 2.17 bits per heavy atom. The molecule has 0 spiro atoms. The van der Waals surface area contributed by atoms with Crippen molar-refractivity contribution in [2.75, 3.05) is 13.3 Å². The molecule has 0 unspecified atom stereocenters. The molecule has 24 heavy (non-hydrogen) atoms. The van der Waals surface area contributed by atoms with Crippen molar-refractivity contribution in [3.63, 3.8) is 0 Å². The Morgan fingerprint density at radius 1 is 1.33 bits per heavy atom. The quantitative estimate of drug-likeness (QED) is 0.872. The van der Waals surface area contributed by atoms with Crippen molar-refractivity contribution >= 4 is 5.91 Å². The fraction of sp³-hybridized carbons (Fsp3) is 0.333. The van der Waals surface area contributed by atoms with Gasteiger partial charge in [0.2, 0.25) is 6.79 Å². The Balaban J connectivity index is 1.49. The summed E-state index contributed by atoms with van der Waals surface area (Å²) < 4.78 is 12.4. The van der Waals surface area contributed by atoms with Gasteiger partial charge in [-0.25, -0.2) is 0 Å². The van der Waals surface area contributed by atoms with Gasteiger partial charge < -0.3 is 14.8 Å². The maximum atomic E-state index is 11.8. The number of rotatable bonds is 4. The molecule has 3 rings (SSSR count). The molecule has 0 fully saturated rings. The molecule has 0 saturated heterocycles. The van der Waals surface area contributed by atoms with Crippen molar-refractivity contribution in [1.82, 2.24) is 15.1 Å². The van der Waals surface area contributed by atoms with Crippen LogP contribution in [-0.4, -0.2) is 29.0 Å². The third-order valence-corrected chi connectivity index (χ3v) is 3.55. The highest BCUT2D eigenvalue weighted by molar-refractivity contribution is 5.94. The van der Waals surface area contributed by atoms with E-state index in [1.54, 1.807) is 18.2 Å². The maximum Gasteiger partial charge on any atom is 0.296 e. The van der Waals surface area contributed by atoms with Gasteiger partial charge in [-0.1, -0.05) is 5.92 Å². The van der Waals surface area contributed by atoms with Crippen molar-refractivity contribution in [1.29, 1.82) is 0 Å². The van der Waals surface area contributed by atoms with Gasteiger partial charge in [0.15, 0.2) is 11.5 Å².